The van der Waals surface area contributed by atoms with Crippen molar-refractivity contribution in [1.29, 1.82) is 0 Å². The molecule has 1 aliphatic heterocycles. The van der Waals surface area contributed by atoms with E-state index in [4.69, 9.17) is 0 Å². The standard InChI is InChI=1S/C12H14O3S2/c13-10(9-5-2-1-3-6-9)12(11(14)15)16-7-4-8-17-12/h1-3,5-6,10,13H,4,7-8H2,(H,14,15). The molecular weight excluding hydrogens is 256 g/mol. The van der Waals surface area contributed by atoms with Crippen molar-refractivity contribution in [2.24, 2.45) is 0 Å². The number of aliphatic hydroxyl groups excluding tert-OH is 1. The highest BCUT2D eigenvalue weighted by Crippen LogP contribution is 2.50. The number of hydrogen-bond acceptors (Lipinski definition) is 4. The zero-order valence-electron chi connectivity index (χ0n) is 9.20. The first-order valence-corrected chi connectivity index (χ1v) is 7.38. The van der Waals surface area contributed by atoms with Crippen LogP contribution in [0.25, 0.3) is 0 Å². The lowest BCUT2D eigenvalue weighted by molar-refractivity contribution is -0.139. The van der Waals surface area contributed by atoms with Gasteiger partial charge >= 0.3 is 5.97 Å². The molecule has 1 aliphatic rings. The average Bonchev–Trinajstić information content (AvgIpc) is 2.39. The van der Waals surface area contributed by atoms with Crippen LogP contribution in [0.1, 0.15) is 18.1 Å². The second-order valence-electron chi connectivity index (χ2n) is 3.84. The van der Waals surface area contributed by atoms with Gasteiger partial charge in [-0.15, -0.1) is 23.5 Å². The van der Waals surface area contributed by atoms with E-state index in [-0.39, 0.29) is 0 Å². The SMILES string of the molecule is O=C(O)C1(C(O)c2ccccc2)SCCCS1. The molecule has 0 radical (unpaired) electrons. The molecule has 17 heavy (non-hydrogen) atoms. The van der Waals surface area contributed by atoms with Gasteiger partial charge in [-0.25, -0.2) is 4.79 Å². The van der Waals surface area contributed by atoms with E-state index in [0.29, 0.717) is 5.56 Å². The minimum atomic E-state index is -1.15. The Morgan fingerprint density at radius 3 is 2.35 bits per heavy atom. The third-order valence-corrected chi connectivity index (χ3v) is 6.04. The summed E-state index contributed by atoms with van der Waals surface area (Å²) in [5.41, 5.74) is 0.664. The lowest BCUT2D eigenvalue weighted by atomic mass is 10.1. The topological polar surface area (TPSA) is 57.5 Å². The molecule has 0 saturated carbocycles. The molecule has 1 fully saturated rings. The number of carboxylic acids is 1. The highest BCUT2D eigenvalue weighted by Gasteiger charge is 2.48. The van der Waals surface area contributed by atoms with Crippen LogP contribution in [-0.2, 0) is 4.79 Å². The van der Waals surface area contributed by atoms with Crippen LogP contribution in [0.2, 0.25) is 0 Å². The molecule has 0 aliphatic carbocycles. The third kappa shape index (κ3) is 2.46. The first-order chi connectivity index (χ1) is 8.17. The monoisotopic (exact) mass is 270 g/mol. The summed E-state index contributed by atoms with van der Waals surface area (Å²) in [4.78, 5) is 11.5. The Labute approximate surface area is 109 Å². The smallest absolute Gasteiger partial charge is 0.333 e. The third-order valence-electron chi connectivity index (χ3n) is 2.70. The van der Waals surface area contributed by atoms with Gasteiger partial charge in [-0.05, 0) is 23.5 Å². The van der Waals surface area contributed by atoms with Crippen molar-refractivity contribution in [2.45, 2.75) is 16.6 Å². The van der Waals surface area contributed by atoms with Crippen LogP contribution in [0.3, 0.4) is 0 Å². The molecule has 1 saturated heterocycles. The van der Waals surface area contributed by atoms with Gasteiger partial charge < -0.3 is 10.2 Å². The number of carboxylic acid groups (broad SMARTS) is 1. The van der Waals surface area contributed by atoms with Gasteiger partial charge in [0.15, 0.2) is 4.08 Å². The van der Waals surface area contributed by atoms with Gasteiger partial charge in [0, 0.05) is 0 Å². The maximum atomic E-state index is 11.5. The zero-order valence-corrected chi connectivity index (χ0v) is 10.8. The molecule has 1 aromatic carbocycles. The van der Waals surface area contributed by atoms with Crippen LogP contribution in [-0.4, -0.2) is 31.8 Å². The number of thioether (sulfide) groups is 2. The quantitative estimate of drug-likeness (QED) is 0.883. The van der Waals surface area contributed by atoms with Crippen molar-refractivity contribution in [2.75, 3.05) is 11.5 Å². The summed E-state index contributed by atoms with van der Waals surface area (Å²) in [5.74, 6) is 0.621. The fraction of sp³-hybridized carbons (Fsp3) is 0.417. The lowest BCUT2D eigenvalue weighted by Gasteiger charge is -2.36. The van der Waals surface area contributed by atoms with Crippen molar-refractivity contribution >= 4 is 29.5 Å². The molecule has 0 amide bonds. The molecule has 5 heteroatoms. The van der Waals surface area contributed by atoms with E-state index >= 15 is 0 Å². The molecule has 0 aromatic heterocycles. The minimum absolute atomic E-state index is 0.664. The number of carbonyl (C=O) groups is 1. The van der Waals surface area contributed by atoms with E-state index in [1.165, 1.54) is 23.5 Å². The second kappa shape index (κ2) is 5.33. The van der Waals surface area contributed by atoms with Crippen LogP contribution >= 0.6 is 23.5 Å². The summed E-state index contributed by atoms with van der Waals surface area (Å²) in [7, 11) is 0. The maximum absolute atomic E-state index is 11.5. The Morgan fingerprint density at radius 1 is 1.24 bits per heavy atom. The molecule has 0 spiro atoms. The van der Waals surface area contributed by atoms with Gasteiger partial charge in [0.1, 0.15) is 6.10 Å². The maximum Gasteiger partial charge on any atom is 0.333 e. The largest absolute Gasteiger partial charge is 0.479 e. The van der Waals surface area contributed by atoms with E-state index in [2.05, 4.69) is 0 Å². The fourth-order valence-electron chi connectivity index (χ4n) is 1.80. The Kier molecular flexibility index (Phi) is 4.01. The van der Waals surface area contributed by atoms with Crippen molar-refractivity contribution in [1.82, 2.24) is 0 Å². The summed E-state index contributed by atoms with van der Waals surface area (Å²) in [6.07, 6.45) is 0.0165. The molecule has 1 heterocycles. The first kappa shape index (κ1) is 12.8. The van der Waals surface area contributed by atoms with Gasteiger partial charge in [-0.2, -0.15) is 0 Å². The summed E-state index contributed by atoms with van der Waals surface area (Å²) < 4.78 is -1.15. The predicted octanol–water partition coefficient (Wildman–Crippen LogP) is 2.37. The minimum Gasteiger partial charge on any atom is -0.479 e. The number of aliphatic hydroxyl groups is 1. The van der Waals surface area contributed by atoms with Gasteiger partial charge in [0.05, 0.1) is 0 Å². The van der Waals surface area contributed by atoms with Gasteiger partial charge in [-0.3, -0.25) is 0 Å². The summed E-state index contributed by atoms with van der Waals surface area (Å²) in [6.45, 7) is 0. The summed E-state index contributed by atoms with van der Waals surface area (Å²) in [6, 6.07) is 9.01. The molecular formula is C12H14O3S2. The Hall–Kier alpha value is -0.650. The zero-order chi connectivity index (χ0) is 12.3. The van der Waals surface area contributed by atoms with E-state index in [1.54, 1.807) is 12.1 Å². The van der Waals surface area contributed by atoms with Gasteiger partial charge in [0.2, 0.25) is 0 Å². The summed E-state index contributed by atoms with van der Waals surface area (Å²) >= 11 is 2.67. The lowest BCUT2D eigenvalue weighted by Crippen LogP contribution is -2.40. The second-order valence-corrected chi connectivity index (χ2v) is 6.78. The molecule has 2 rings (SSSR count). The van der Waals surface area contributed by atoms with Crippen LogP contribution in [0.4, 0.5) is 0 Å². The van der Waals surface area contributed by atoms with Crippen molar-refractivity contribution in [3.63, 3.8) is 0 Å². The molecule has 1 unspecified atom stereocenters. The van der Waals surface area contributed by atoms with Crippen LogP contribution in [0.5, 0.6) is 0 Å². The average molecular weight is 270 g/mol. The molecule has 2 N–H and O–H groups in total. The van der Waals surface area contributed by atoms with Gasteiger partial charge in [0.25, 0.3) is 0 Å². The van der Waals surface area contributed by atoms with Crippen LogP contribution in [0.15, 0.2) is 30.3 Å². The van der Waals surface area contributed by atoms with Crippen LogP contribution in [0, 0.1) is 0 Å². The molecule has 92 valence electrons. The molecule has 3 nitrogen and oxygen atoms in total. The number of hydrogen-bond donors (Lipinski definition) is 2. The van der Waals surface area contributed by atoms with E-state index in [0.717, 1.165) is 17.9 Å². The Balaban J connectivity index is 2.30. The first-order valence-electron chi connectivity index (χ1n) is 5.41. The highest BCUT2D eigenvalue weighted by molar-refractivity contribution is 8.19. The number of benzene rings is 1. The van der Waals surface area contributed by atoms with Crippen LogP contribution < -0.4 is 0 Å². The Bertz CT molecular complexity index is 388. The summed E-state index contributed by atoms with van der Waals surface area (Å²) in [5, 5.41) is 19.8. The predicted molar refractivity (Wildman–Crippen MR) is 71.3 cm³/mol. The number of aliphatic carboxylic acids is 1. The normalized spacial score (nSPS) is 20.8. The number of rotatable bonds is 3. The van der Waals surface area contributed by atoms with Crippen molar-refractivity contribution in [3.05, 3.63) is 35.9 Å². The van der Waals surface area contributed by atoms with E-state index in [9.17, 15) is 15.0 Å². The van der Waals surface area contributed by atoms with Crippen molar-refractivity contribution < 1.29 is 15.0 Å². The van der Waals surface area contributed by atoms with E-state index in [1.807, 2.05) is 18.2 Å². The Morgan fingerprint density at radius 2 is 1.82 bits per heavy atom. The highest BCUT2D eigenvalue weighted by atomic mass is 32.2. The van der Waals surface area contributed by atoms with Crippen molar-refractivity contribution in [3.8, 4) is 0 Å². The van der Waals surface area contributed by atoms with E-state index < -0.39 is 16.2 Å². The molecule has 0 bridgehead atoms. The van der Waals surface area contributed by atoms with Gasteiger partial charge in [-0.1, -0.05) is 30.3 Å². The molecule has 1 aromatic rings. The fourth-order valence-corrected chi connectivity index (χ4v) is 4.84. The molecule has 1 atom stereocenters.